The van der Waals surface area contributed by atoms with Crippen LogP contribution in [0.5, 0.6) is 0 Å². The SMILES string of the molecule is CCCc1nc(N2CCCN(CC(C)C)CC2)c2cnn(-c3ccccc3)c2n1. The van der Waals surface area contributed by atoms with Gasteiger partial charge in [0.25, 0.3) is 0 Å². The average Bonchev–Trinajstić information content (AvgIpc) is 3.01. The molecule has 0 radical (unpaired) electrons. The van der Waals surface area contributed by atoms with Crippen molar-refractivity contribution in [3.63, 3.8) is 0 Å². The predicted octanol–water partition coefficient (Wildman–Crippen LogP) is 3.94. The monoisotopic (exact) mass is 392 g/mol. The number of hydrogen-bond donors (Lipinski definition) is 0. The Bertz CT molecular complexity index is 933. The van der Waals surface area contributed by atoms with Gasteiger partial charge in [0.2, 0.25) is 0 Å². The molecule has 3 aromatic rings. The first-order valence-electron chi connectivity index (χ1n) is 10.9. The Morgan fingerprint density at radius 3 is 2.59 bits per heavy atom. The molecule has 1 aliphatic rings. The fourth-order valence-electron chi connectivity index (χ4n) is 4.15. The van der Waals surface area contributed by atoms with Crippen LogP contribution in [0.4, 0.5) is 5.82 Å². The van der Waals surface area contributed by atoms with Gasteiger partial charge in [-0.05, 0) is 37.4 Å². The molecule has 3 heterocycles. The minimum atomic E-state index is 0.701. The van der Waals surface area contributed by atoms with E-state index in [-0.39, 0.29) is 0 Å². The maximum Gasteiger partial charge on any atom is 0.168 e. The van der Waals surface area contributed by atoms with Gasteiger partial charge < -0.3 is 9.80 Å². The zero-order valence-corrected chi connectivity index (χ0v) is 17.9. The molecular weight excluding hydrogens is 360 g/mol. The van der Waals surface area contributed by atoms with E-state index in [0.29, 0.717) is 5.92 Å². The maximum atomic E-state index is 4.99. The zero-order valence-electron chi connectivity index (χ0n) is 17.9. The normalized spacial score (nSPS) is 15.9. The number of aromatic nitrogens is 4. The summed E-state index contributed by atoms with van der Waals surface area (Å²) in [4.78, 5) is 14.9. The molecule has 29 heavy (non-hydrogen) atoms. The first-order valence-corrected chi connectivity index (χ1v) is 10.9. The van der Waals surface area contributed by atoms with Crippen molar-refractivity contribution in [3.8, 4) is 5.69 Å². The lowest BCUT2D eigenvalue weighted by Gasteiger charge is -2.24. The van der Waals surface area contributed by atoms with Crippen LogP contribution in [-0.2, 0) is 6.42 Å². The van der Waals surface area contributed by atoms with E-state index < -0.39 is 0 Å². The number of rotatable bonds is 6. The molecule has 4 rings (SSSR count). The highest BCUT2D eigenvalue weighted by atomic mass is 15.3. The van der Waals surface area contributed by atoms with Crippen LogP contribution in [0.2, 0.25) is 0 Å². The third kappa shape index (κ3) is 4.42. The molecule has 0 aliphatic carbocycles. The van der Waals surface area contributed by atoms with Crippen LogP contribution in [0.15, 0.2) is 36.5 Å². The molecule has 1 fully saturated rings. The summed E-state index contributed by atoms with van der Waals surface area (Å²) in [6, 6.07) is 10.2. The van der Waals surface area contributed by atoms with Crippen LogP contribution < -0.4 is 4.90 Å². The predicted molar refractivity (Wildman–Crippen MR) is 119 cm³/mol. The van der Waals surface area contributed by atoms with E-state index in [2.05, 4.69) is 47.8 Å². The molecular formula is C23H32N6. The molecule has 0 atom stereocenters. The summed E-state index contributed by atoms with van der Waals surface area (Å²) in [6.07, 6.45) is 5.02. The van der Waals surface area contributed by atoms with Gasteiger partial charge in [0, 0.05) is 32.6 Å². The second-order valence-electron chi connectivity index (χ2n) is 8.38. The number of aryl methyl sites for hydroxylation is 1. The molecule has 2 aromatic heterocycles. The van der Waals surface area contributed by atoms with Crippen molar-refractivity contribution in [1.29, 1.82) is 0 Å². The highest BCUT2D eigenvalue weighted by Crippen LogP contribution is 2.27. The van der Waals surface area contributed by atoms with E-state index in [9.17, 15) is 0 Å². The van der Waals surface area contributed by atoms with E-state index in [1.54, 1.807) is 0 Å². The van der Waals surface area contributed by atoms with Crippen LogP contribution in [0.1, 0.15) is 39.4 Å². The summed E-state index contributed by atoms with van der Waals surface area (Å²) in [5.74, 6) is 2.66. The van der Waals surface area contributed by atoms with Crippen LogP contribution in [0.25, 0.3) is 16.7 Å². The summed E-state index contributed by atoms with van der Waals surface area (Å²) >= 11 is 0. The van der Waals surface area contributed by atoms with Crippen molar-refractivity contribution in [1.82, 2.24) is 24.6 Å². The van der Waals surface area contributed by atoms with Gasteiger partial charge in [-0.25, -0.2) is 14.6 Å². The van der Waals surface area contributed by atoms with E-state index in [1.807, 2.05) is 29.1 Å². The fourth-order valence-corrected chi connectivity index (χ4v) is 4.15. The third-order valence-corrected chi connectivity index (χ3v) is 5.44. The molecule has 154 valence electrons. The number of anilines is 1. The Hall–Kier alpha value is -2.47. The van der Waals surface area contributed by atoms with Crippen molar-refractivity contribution >= 4 is 16.9 Å². The standard InChI is InChI=1S/C23H32N6/c1-4-9-21-25-22(28-13-8-12-27(14-15-28)17-18(2)3)20-16-24-29(23(20)26-21)19-10-6-5-7-11-19/h5-7,10-11,16,18H,4,8-9,12-15,17H2,1-3H3. The van der Waals surface area contributed by atoms with Gasteiger partial charge in [0.05, 0.1) is 17.3 Å². The van der Waals surface area contributed by atoms with E-state index in [0.717, 1.165) is 73.8 Å². The molecule has 0 bridgehead atoms. The topological polar surface area (TPSA) is 50.1 Å². The summed E-state index contributed by atoms with van der Waals surface area (Å²) in [7, 11) is 0. The van der Waals surface area contributed by atoms with Gasteiger partial charge in [-0.15, -0.1) is 0 Å². The van der Waals surface area contributed by atoms with Crippen molar-refractivity contribution in [2.45, 2.75) is 40.0 Å². The number of hydrogen-bond acceptors (Lipinski definition) is 5. The highest BCUT2D eigenvalue weighted by Gasteiger charge is 2.21. The lowest BCUT2D eigenvalue weighted by molar-refractivity contribution is 0.261. The largest absolute Gasteiger partial charge is 0.355 e. The molecule has 0 N–H and O–H groups in total. The average molecular weight is 393 g/mol. The second-order valence-corrected chi connectivity index (χ2v) is 8.38. The fraction of sp³-hybridized carbons (Fsp3) is 0.522. The minimum Gasteiger partial charge on any atom is -0.355 e. The van der Waals surface area contributed by atoms with Crippen molar-refractivity contribution in [2.75, 3.05) is 37.6 Å². The Morgan fingerprint density at radius 2 is 1.83 bits per heavy atom. The van der Waals surface area contributed by atoms with Crippen LogP contribution in [-0.4, -0.2) is 57.4 Å². The Balaban J connectivity index is 1.71. The smallest absolute Gasteiger partial charge is 0.168 e. The summed E-state index contributed by atoms with van der Waals surface area (Å²) in [6.45, 7) is 12.2. The van der Waals surface area contributed by atoms with Crippen LogP contribution in [0, 0.1) is 5.92 Å². The third-order valence-electron chi connectivity index (χ3n) is 5.44. The first-order chi connectivity index (χ1) is 14.2. The second kappa shape index (κ2) is 8.91. The molecule has 0 unspecified atom stereocenters. The number of benzene rings is 1. The maximum absolute atomic E-state index is 4.99. The van der Waals surface area contributed by atoms with E-state index in [1.165, 1.54) is 6.54 Å². The summed E-state index contributed by atoms with van der Waals surface area (Å²) < 4.78 is 1.95. The number of nitrogens with zero attached hydrogens (tertiary/aromatic N) is 6. The number of fused-ring (bicyclic) bond motifs is 1. The van der Waals surface area contributed by atoms with Gasteiger partial charge in [-0.1, -0.05) is 39.0 Å². The summed E-state index contributed by atoms with van der Waals surface area (Å²) in [5, 5.41) is 5.72. The zero-order chi connectivity index (χ0) is 20.2. The lowest BCUT2D eigenvalue weighted by atomic mass is 10.2. The van der Waals surface area contributed by atoms with Gasteiger partial charge in [0.15, 0.2) is 5.65 Å². The minimum absolute atomic E-state index is 0.701. The first kappa shape index (κ1) is 19.8. The van der Waals surface area contributed by atoms with Gasteiger partial charge in [-0.3, -0.25) is 0 Å². The van der Waals surface area contributed by atoms with E-state index >= 15 is 0 Å². The molecule has 0 saturated carbocycles. The van der Waals surface area contributed by atoms with Gasteiger partial charge in [-0.2, -0.15) is 5.10 Å². The Morgan fingerprint density at radius 1 is 1.00 bits per heavy atom. The van der Waals surface area contributed by atoms with E-state index in [4.69, 9.17) is 9.97 Å². The van der Waals surface area contributed by atoms with Crippen molar-refractivity contribution < 1.29 is 0 Å². The van der Waals surface area contributed by atoms with Gasteiger partial charge in [0.1, 0.15) is 11.6 Å². The molecule has 6 nitrogen and oxygen atoms in total. The lowest BCUT2D eigenvalue weighted by Crippen LogP contribution is -2.33. The molecule has 1 aliphatic heterocycles. The molecule has 0 amide bonds. The quantitative estimate of drug-likeness (QED) is 0.636. The Labute approximate surface area is 173 Å². The Kier molecular flexibility index (Phi) is 6.09. The van der Waals surface area contributed by atoms with Crippen molar-refractivity contribution in [3.05, 3.63) is 42.4 Å². The van der Waals surface area contributed by atoms with Gasteiger partial charge >= 0.3 is 0 Å². The summed E-state index contributed by atoms with van der Waals surface area (Å²) in [5.41, 5.74) is 1.95. The molecule has 0 spiro atoms. The van der Waals surface area contributed by atoms with Crippen LogP contribution >= 0.6 is 0 Å². The van der Waals surface area contributed by atoms with Crippen LogP contribution in [0.3, 0.4) is 0 Å². The number of para-hydroxylation sites is 1. The molecule has 1 aromatic carbocycles. The molecule has 6 heteroatoms. The molecule has 1 saturated heterocycles. The highest BCUT2D eigenvalue weighted by molar-refractivity contribution is 5.88. The van der Waals surface area contributed by atoms with Crippen molar-refractivity contribution in [2.24, 2.45) is 5.92 Å².